The Morgan fingerprint density at radius 1 is 1.33 bits per heavy atom. The van der Waals surface area contributed by atoms with Crippen LogP contribution in [0, 0.1) is 5.92 Å². The zero-order valence-electron chi connectivity index (χ0n) is 15.3. The molecule has 5 heteroatoms. The summed E-state index contributed by atoms with van der Waals surface area (Å²) >= 11 is 0. The summed E-state index contributed by atoms with van der Waals surface area (Å²) in [4.78, 5) is 17.1. The standard InChI is InChI=1S/C19H28N2O3/c1-7-8-14-9-15(10-17(23-5)18(14)24-6)19(22)21-11-13(2)16(12-21)20(3)4/h7,9-10,13,16H,1,8,11-12H2,2-6H3/t13-,16-/m0/s1. The lowest BCUT2D eigenvalue weighted by atomic mass is 10.0. The van der Waals surface area contributed by atoms with Crippen molar-refractivity contribution in [2.75, 3.05) is 41.4 Å². The smallest absolute Gasteiger partial charge is 0.254 e. The van der Waals surface area contributed by atoms with Crippen molar-refractivity contribution in [1.29, 1.82) is 0 Å². The molecule has 0 N–H and O–H groups in total. The monoisotopic (exact) mass is 332 g/mol. The molecule has 1 heterocycles. The summed E-state index contributed by atoms with van der Waals surface area (Å²) in [5.41, 5.74) is 1.54. The van der Waals surface area contributed by atoms with E-state index in [1.807, 2.05) is 11.0 Å². The predicted octanol–water partition coefficient (Wildman–Crippen LogP) is 2.45. The summed E-state index contributed by atoms with van der Waals surface area (Å²) in [6.07, 6.45) is 2.42. The summed E-state index contributed by atoms with van der Waals surface area (Å²) in [7, 11) is 7.32. The maximum absolute atomic E-state index is 13.0. The molecule has 1 aromatic carbocycles. The zero-order valence-corrected chi connectivity index (χ0v) is 15.3. The van der Waals surface area contributed by atoms with E-state index in [1.165, 1.54) is 0 Å². The van der Waals surface area contributed by atoms with Crippen molar-refractivity contribution in [2.45, 2.75) is 19.4 Å². The Morgan fingerprint density at radius 2 is 2.04 bits per heavy atom. The Hall–Kier alpha value is -2.01. The maximum Gasteiger partial charge on any atom is 0.254 e. The molecule has 0 aromatic heterocycles. The second-order valence-electron chi connectivity index (χ2n) is 6.58. The van der Waals surface area contributed by atoms with E-state index >= 15 is 0 Å². The molecular formula is C19H28N2O3. The van der Waals surface area contributed by atoms with Crippen LogP contribution < -0.4 is 9.47 Å². The van der Waals surface area contributed by atoms with Crippen LogP contribution in [-0.2, 0) is 6.42 Å². The van der Waals surface area contributed by atoms with Crippen LogP contribution in [-0.4, -0.2) is 63.2 Å². The van der Waals surface area contributed by atoms with E-state index in [-0.39, 0.29) is 5.91 Å². The van der Waals surface area contributed by atoms with Gasteiger partial charge in [0, 0.05) is 30.3 Å². The Bertz CT molecular complexity index is 613. The summed E-state index contributed by atoms with van der Waals surface area (Å²) in [5, 5.41) is 0. The SMILES string of the molecule is C=CCc1cc(C(=O)N2C[C@H](C)[C@@H](N(C)C)C2)cc(OC)c1OC. The molecule has 0 unspecified atom stereocenters. The van der Waals surface area contributed by atoms with Crippen molar-refractivity contribution in [1.82, 2.24) is 9.80 Å². The number of methoxy groups -OCH3 is 2. The summed E-state index contributed by atoms with van der Waals surface area (Å²) < 4.78 is 10.9. The predicted molar refractivity (Wildman–Crippen MR) is 96.0 cm³/mol. The van der Waals surface area contributed by atoms with Gasteiger partial charge in [0.2, 0.25) is 0 Å². The minimum atomic E-state index is 0.0393. The van der Waals surface area contributed by atoms with Crippen LogP contribution in [0.3, 0.4) is 0 Å². The van der Waals surface area contributed by atoms with Crippen molar-refractivity contribution in [3.8, 4) is 11.5 Å². The fraction of sp³-hybridized carbons (Fsp3) is 0.526. The molecule has 24 heavy (non-hydrogen) atoms. The molecule has 2 rings (SSSR count). The second kappa shape index (κ2) is 7.71. The van der Waals surface area contributed by atoms with E-state index in [2.05, 4.69) is 32.5 Å². The van der Waals surface area contributed by atoms with Gasteiger partial charge in [0.1, 0.15) is 0 Å². The highest BCUT2D eigenvalue weighted by molar-refractivity contribution is 5.95. The number of allylic oxidation sites excluding steroid dienone is 1. The molecular weight excluding hydrogens is 304 g/mol. The van der Waals surface area contributed by atoms with E-state index in [1.54, 1.807) is 26.4 Å². The highest BCUT2D eigenvalue weighted by Crippen LogP contribution is 2.34. The molecule has 0 aliphatic carbocycles. The van der Waals surface area contributed by atoms with Gasteiger partial charge in [0.15, 0.2) is 11.5 Å². The topological polar surface area (TPSA) is 42.0 Å². The lowest BCUT2D eigenvalue weighted by molar-refractivity contribution is 0.0781. The van der Waals surface area contributed by atoms with Crippen LogP contribution >= 0.6 is 0 Å². The fourth-order valence-electron chi connectivity index (χ4n) is 3.44. The summed E-state index contributed by atoms with van der Waals surface area (Å²) in [6.45, 7) is 7.49. The van der Waals surface area contributed by atoms with Crippen molar-refractivity contribution in [3.05, 3.63) is 35.9 Å². The van der Waals surface area contributed by atoms with Gasteiger partial charge in [-0.2, -0.15) is 0 Å². The van der Waals surface area contributed by atoms with Crippen molar-refractivity contribution in [2.24, 2.45) is 5.92 Å². The molecule has 0 saturated carbocycles. The Kier molecular flexibility index (Phi) is 5.89. The van der Waals surface area contributed by atoms with Gasteiger partial charge in [-0.15, -0.1) is 6.58 Å². The number of rotatable bonds is 6. The molecule has 1 aliphatic rings. The molecule has 1 amide bonds. The van der Waals surface area contributed by atoms with E-state index in [4.69, 9.17) is 9.47 Å². The number of ether oxygens (including phenoxy) is 2. The molecule has 0 spiro atoms. The average molecular weight is 332 g/mol. The van der Waals surface area contributed by atoms with Crippen LogP contribution in [0.25, 0.3) is 0 Å². The van der Waals surface area contributed by atoms with Gasteiger partial charge >= 0.3 is 0 Å². The molecule has 2 atom stereocenters. The van der Waals surface area contributed by atoms with Crippen molar-refractivity contribution >= 4 is 5.91 Å². The second-order valence-corrected chi connectivity index (χ2v) is 6.58. The average Bonchev–Trinajstić information content (AvgIpc) is 2.95. The number of hydrogen-bond acceptors (Lipinski definition) is 4. The molecule has 0 bridgehead atoms. The Balaban J connectivity index is 2.33. The first kappa shape index (κ1) is 18.3. The quantitative estimate of drug-likeness (QED) is 0.751. The number of nitrogens with zero attached hydrogens (tertiary/aromatic N) is 2. The molecule has 1 aliphatic heterocycles. The number of carbonyl (C=O) groups is 1. The van der Waals surface area contributed by atoms with Crippen molar-refractivity contribution < 1.29 is 14.3 Å². The fourth-order valence-corrected chi connectivity index (χ4v) is 3.44. The van der Waals surface area contributed by atoms with Gasteiger partial charge in [0.25, 0.3) is 5.91 Å². The van der Waals surface area contributed by atoms with Crippen molar-refractivity contribution in [3.63, 3.8) is 0 Å². The van der Waals surface area contributed by atoms with E-state index in [9.17, 15) is 4.79 Å². The third-order valence-electron chi connectivity index (χ3n) is 4.69. The lowest BCUT2D eigenvalue weighted by Gasteiger charge is -2.22. The van der Waals surface area contributed by atoms with Gasteiger partial charge in [-0.3, -0.25) is 4.79 Å². The zero-order chi connectivity index (χ0) is 17.9. The highest BCUT2D eigenvalue weighted by atomic mass is 16.5. The first-order valence-electron chi connectivity index (χ1n) is 8.24. The van der Waals surface area contributed by atoms with Gasteiger partial charge in [-0.1, -0.05) is 13.0 Å². The Labute approximate surface area is 144 Å². The third kappa shape index (κ3) is 3.56. The largest absolute Gasteiger partial charge is 0.493 e. The first-order chi connectivity index (χ1) is 11.4. The number of benzene rings is 1. The lowest BCUT2D eigenvalue weighted by Crippen LogP contribution is -2.35. The van der Waals surface area contributed by atoms with E-state index in [0.29, 0.717) is 35.4 Å². The van der Waals surface area contributed by atoms with Gasteiger partial charge in [-0.05, 0) is 38.6 Å². The van der Waals surface area contributed by atoms with Gasteiger partial charge < -0.3 is 19.3 Å². The Morgan fingerprint density at radius 3 is 2.54 bits per heavy atom. The molecule has 5 nitrogen and oxygen atoms in total. The molecule has 1 saturated heterocycles. The number of hydrogen-bond donors (Lipinski definition) is 0. The van der Waals surface area contributed by atoms with Crippen LogP contribution in [0.15, 0.2) is 24.8 Å². The number of carbonyl (C=O) groups excluding carboxylic acids is 1. The summed E-state index contributed by atoms with van der Waals surface area (Å²) in [6, 6.07) is 4.04. The summed E-state index contributed by atoms with van der Waals surface area (Å²) in [5.74, 6) is 1.74. The normalized spacial score (nSPS) is 20.3. The maximum atomic E-state index is 13.0. The molecule has 1 fully saturated rings. The van der Waals surface area contributed by atoms with Crippen LogP contribution in [0.5, 0.6) is 11.5 Å². The molecule has 0 radical (unpaired) electrons. The minimum Gasteiger partial charge on any atom is -0.493 e. The van der Waals surface area contributed by atoms with Crippen LogP contribution in [0.1, 0.15) is 22.8 Å². The van der Waals surface area contributed by atoms with E-state index in [0.717, 1.165) is 18.7 Å². The third-order valence-corrected chi connectivity index (χ3v) is 4.69. The van der Waals surface area contributed by atoms with Gasteiger partial charge in [0.05, 0.1) is 14.2 Å². The van der Waals surface area contributed by atoms with Gasteiger partial charge in [-0.25, -0.2) is 0 Å². The molecule has 132 valence electrons. The minimum absolute atomic E-state index is 0.0393. The van der Waals surface area contributed by atoms with Crippen LogP contribution in [0.2, 0.25) is 0 Å². The molecule has 1 aromatic rings. The van der Waals surface area contributed by atoms with E-state index < -0.39 is 0 Å². The number of amides is 1. The number of likely N-dealkylation sites (N-methyl/N-ethyl adjacent to an activating group) is 1. The van der Waals surface area contributed by atoms with Crippen LogP contribution in [0.4, 0.5) is 0 Å². The number of likely N-dealkylation sites (tertiary alicyclic amines) is 1. The highest BCUT2D eigenvalue weighted by Gasteiger charge is 2.34. The first-order valence-corrected chi connectivity index (χ1v) is 8.24.